The lowest BCUT2D eigenvalue weighted by molar-refractivity contribution is 0.0946. The SMILES string of the molecule is CCc1ncsc1C(=O)NC[C@H]1CCc2nccn2C1. The summed E-state index contributed by atoms with van der Waals surface area (Å²) >= 11 is 1.42. The third kappa shape index (κ3) is 2.60. The molecule has 0 unspecified atom stereocenters. The lowest BCUT2D eigenvalue weighted by atomic mass is 9.99. The minimum absolute atomic E-state index is 0.0146. The molecule has 2 aromatic heterocycles. The van der Waals surface area contributed by atoms with E-state index < -0.39 is 0 Å². The average Bonchev–Trinajstić information content (AvgIpc) is 3.12. The first-order chi connectivity index (χ1) is 9.78. The third-order valence-corrected chi connectivity index (χ3v) is 4.63. The number of rotatable bonds is 4. The summed E-state index contributed by atoms with van der Waals surface area (Å²) < 4.78 is 2.19. The Morgan fingerprint density at radius 3 is 3.30 bits per heavy atom. The number of fused-ring (bicyclic) bond motifs is 1. The van der Waals surface area contributed by atoms with E-state index in [4.69, 9.17) is 0 Å². The standard InChI is InChI=1S/C14H18N4OS/c1-2-11-13(20-9-17-11)14(19)16-7-10-3-4-12-15-5-6-18(12)8-10/h5-6,9-10H,2-4,7-8H2,1H3,(H,16,19)/t10-/m1/s1. The largest absolute Gasteiger partial charge is 0.351 e. The lowest BCUT2D eigenvalue weighted by Crippen LogP contribution is -2.33. The molecule has 0 spiro atoms. The van der Waals surface area contributed by atoms with Crippen molar-refractivity contribution in [3.8, 4) is 0 Å². The molecule has 1 atom stereocenters. The van der Waals surface area contributed by atoms with E-state index in [1.54, 1.807) is 5.51 Å². The highest BCUT2D eigenvalue weighted by atomic mass is 32.1. The zero-order valence-electron chi connectivity index (χ0n) is 11.5. The van der Waals surface area contributed by atoms with Crippen LogP contribution in [0.4, 0.5) is 0 Å². The fourth-order valence-electron chi connectivity index (χ4n) is 2.63. The molecule has 0 bridgehead atoms. The molecule has 3 heterocycles. The first-order valence-corrected chi connectivity index (χ1v) is 7.86. The van der Waals surface area contributed by atoms with Crippen LogP contribution in [0.15, 0.2) is 17.9 Å². The van der Waals surface area contributed by atoms with Crippen LogP contribution in [0.2, 0.25) is 0 Å². The number of nitrogens with zero attached hydrogens (tertiary/aromatic N) is 3. The van der Waals surface area contributed by atoms with Crippen molar-refractivity contribution in [1.82, 2.24) is 19.9 Å². The van der Waals surface area contributed by atoms with Gasteiger partial charge in [-0.25, -0.2) is 9.97 Å². The molecular formula is C14H18N4OS. The lowest BCUT2D eigenvalue weighted by Gasteiger charge is -2.23. The highest BCUT2D eigenvalue weighted by molar-refractivity contribution is 7.11. The van der Waals surface area contributed by atoms with Gasteiger partial charge in [0, 0.05) is 31.9 Å². The van der Waals surface area contributed by atoms with Crippen LogP contribution in [-0.2, 0) is 19.4 Å². The number of amides is 1. The van der Waals surface area contributed by atoms with Crippen LogP contribution in [0.25, 0.3) is 0 Å². The summed E-state index contributed by atoms with van der Waals surface area (Å²) in [6.45, 7) is 3.68. The summed E-state index contributed by atoms with van der Waals surface area (Å²) in [4.78, 5) is 21.5. The van der Waals surface area contributed by atoms with Crippen molar-refractivity contribution in [2.75, 3.05) is 6.54 Å². The normalized spacial score (nSPS) is 17.8. The maximum absolute atomic E-state index is 12.2. The molecule has 0 saturated carbocycles. The number of carbonyl (C=O) groups excluding carboxylic acids is 1. The molecule has 3 rings (SSSR count). The number of thiazole rings is 1. The molecular weight excluding hydrogens is 272 g/mol. The molecule has 6 heteroatoms. The van der Waals surface area contributed by atoms with Crippen molar-refractivity contribution in [2.24, 2.45) is 5.92 Å². The Bertz CT molecular complexity index is 604. The first kappa shape index (κ1) is 13.3. The number of hydrogen-bond acceptors (Lipinski definition) is 4. The van der Waals surface area contributed by atoms with Crippen LogP contribution >= 0.6 is 11.3 Å². The van der Waals surface area contributed by atoms with E-state index in [0.717, 1.165) is 48.7 Å². The van der Waals surface area contributed by atoms with Crippen LogP contribution in [0.3, 0.4) is 0 Å². The Morgan fingerprint density at radius 1 is 1.55 bits per heavy atom. The summed E-state index contributed by atoms with van der Waals surface area (Å²) in [5.41, 5.74) is 2.64. The molecule has 20 heavy (non-hydrogen) atoms. The van der Waals surface area contributed by atoms with E-state index in [1.807, 2.05) is 19.3 Å². The smallest absolute Gasteiger partial charge is 0.263 e. The molecule has 2 aromatic rings. The molecule has 0 aliphatic carbocycles. The monoisotopic (exact) mass is 290 g/mol. The summed E-state index contributed by atoms with van der Waals surface area (Å²) in [5.74, 6) is 1.66. The van der Waals surface area contributed by atoms with Gasteiger partial charge in [0.2, 0.25) is 0 Å². The van der Waals surface area contributed by atoms with Gasteiger partial charge in [-0.3, -0.25) is 4.79 Å². The Hall–Kier alpha value is -1.69. The fraction of sp³-hybridized carbons (Fsp3) is 0.500. The van der Waals surface area contributed by atoms with Crippen LogP contribution in [0.5, 0.6) is 0 Å². The summed E-state index contributed by atoms with van der Waals surface area (Å²) in [6.07, 6.45) is 6.74. The zero-order chi connectivity index (χ0) is 13.9. The van der Waals surface area contributed by atoms with Crippen molar-refractivity contribution < 1.29 is 4.79 Å². The van der Waals surface area contributed by atoms with Gasteiger partial charge in [0.25, 0.3) is 5.91 Å². The van der Waals surface area contributed by atoms with E-state index in [0.29, 0.717) is 5.92 Å². The second-order valence-corrected chi connectivity index (χ2v) is 5.95. The van der Waals surface area contributed by atoms with Crippen molar-refractivity contribution in [3.05, 3.63) is 34.3 Å². The Labute approximate surface area is 122 Å². The zero-order valence-corrected chi connectivity index (χ0v) is 12.3. The molecule has 0 radical (unpaired) electrons. The number of hydrogen-bond donors (Lipinski definition) is 1. The van der Waals surface area contributed by atoms with Gasteiger partial charge in [0.1, 0.15) is 10.7 Å². The van der Waals surface area contributed by atoms with Crippen LogP contribution in [0, 0.1) is 5.92 Å². The number of aryl methyl sites for hydroxylation is 2. The summed E-state index contributed by atoms with van der Waals surface area (Å²) in [6, 6.07) is 0. The molecule has 5 nitrogen and oxygen atoms in total. The van der Waals surface area contributed by atoms with Crippen molar-refractivity contribution in [2.45, 2.75) is 32.7 Å². The van der Waals surface area contributed by atoms with Crippen molar-refractivity contribution >= 4 is 17.2 Å². The Morgan fingerprint density at radius 2 is 2.45 bits per heavy atom. The summed E-state index contributed by atoms with van der Waals surface area (Å²) in [7, 11) is 0. The quantitative estimate of drug-likeness (QED) is 0.935. The number of carbonyl (C=O) groups is 1. The topological polar surface area (TPSA) is 59.8 Å². The maximum atomic E-state index is 12.2. The van der Waals surface area contributed by atoms with Gasteiger partial charge in [-0.2, -0.15) is 0 Å². The number of aromatic nitrogens is 3. The van der Waals surface area contributed by atoms with Crippen LogP contribution in [0.1, 0.15) is 34.5 Å². The molecule has 106 valence electrons. The van der Waals surface area contributed by atoms with Crippen LogP contribution < -0.4 is 5.32 Å². The highest BCUT2D eigenvalue weighted by Crippen LogP contribution is 2.19. The molecule has 1 aliphatic heterocycles. The van der Waals surface area contributed by atoms with Gasteiger partial charge < -0.3 is 9.88 Å². The second kappa shape index (κ2) is 5.75. The van der Waals surface area contributed by atoms with Gasteiger partial charge >= 0.3 is 0 Å². The van der Waals surface area contributed by atoms with Crippen molar-refractivity contribution in [3.63, 3.8) is 0 Å². The Balaban J connectivity index is 1.57. The van der Waals surface area contributed by atoms with Gasteiger partial charge in [0.05, 0.1) is 11.2 Å². The molecule has 0 fully saturated rings. The van der Waals surface area contributed by atoms with E-state index in [2.05, 4.69) is 19.9 Å². The highest BCUT2D eigenvalue weighted by Gasteiger charge is 2.20. The molecule has 1 N–H and O–H groups in total. The molecule has 0 saturated heterocycles. The van der Waals surface area contributed by atoms with E-state index in [9.17, 15) is 4.79 Å². The average molecular weight is 290 g/mol. The van der Waals surface area contributed by atoms with E-state index in [-0.39, 0.29) is 5.91 Å². The summed E-state index contributed by atoms with van der Waals surface area (Å²) in [5, 5.41) is 3.05. The molecule has 0 aromatic carbocycles. The fourth-order valence-corrected chi connectivity index (χ4v) is 3.42. The maximum Gasteiger partial charge on any atom is 0.263 e. The van der Waals surface area contributed by atoms with Crippen molar-refractivity contribution in [1.29, 1.82) is 0 Å². The number of nitrogens with one attached hydrogen (secondary N) is 1. The minimum atomic E-state index is 0.0146. The predicted octanol–water partition coefficient (Wildman–Crippen LogP) is 1.89. The van der Waals surface area contributed by atoms with E-state index >= 15 is 0 Å². The van der Waals surface area contributed by atoms with Gasteiger partial charge in [-0.1, -0.05) is 6.92 Å². The molecule has 1 amide bonds. The van der Waals surface area contributed by atoms with Crippen LogP contribution in [-0.4, -0.2) is 27.0 Å². The van der Waals surface area contributed by atoms with E-state index in [1.165, 1.54) is 11.3 Å². The van der Waals surface area contributed by atoms with Gasteiger partial charge in [0.15, 0.2) is 0 Å². The molecule has 1 aliphatic rings. The first-order valence-electron chi connectivity index (χ1n) is 6.98. The predicted molar refractivity (Wildman–Crippen MR) is 77.9 cm³/mol. The third-order valence-electron chi connectivity index (χ3n) is 3.77. The Kier molecular flexibility index (Phi) is 3.82. The van der Waals surface area contributed by atoms with Gasteiger partial charge in [-0.05, 0) is 18.8 Å². The van der Waals surface area contributed by atoms with Gasteiger partial charge in [-0.15, -0.1) is 11.3 Å². The number of imidazole rings is 1. The second-order valence-electron chi connectivity index (χ2n) is 5.09. The minimum Gasteiger partial charge on any atom is -0.351 e.